The third-order valence-electron chi connectivity index (χ3n) is 2.18. The highest BCUT2D eigenvalue weighted by molar-refractivity contribution is 7.46. The van der Waals surface area contributed by atoms with Crippen LogP contribution in [0.1, 0.15) is 6.42 Å². The number of hydrogen-bond donors (Lipinski definition) is 7. The molecule has 0 saturated heterocycles. The number of hydrogen-bond acceptors (Lipinski definition) is 8. The van der Waals surface area contributed by atoms with Crippen LogP contribution in [0.2, 0.25) is 0 Å². The Labute approximate surface area is 112 Å². The van der Waals surface area contributed by atoms with Crippen LogP contribution in [0, 0.1) is 0 Å². The van der Waals surface area contributed by atoms with Crippen molar-refractivity contribution in [2.24, 2.45) is 0 Å². The molecule has 0 aliphatic heterocycles. The van der Waals surface area contributed by atoms with E-state index in [1.165, 1.54) is 0 Å². The van der Waals surface area contributed by atoms with Gasteiger partial charge in [-0.25, -0.2) is 9.36 Å². The molecule has 118 valence electrons. The van der Waals surface area contributed by atoms with Crippen molar-refractivity contribution in [3.8, 4) is 0 Å². The van der Waals surface area contributed by atoms with Crippen molar-refractivity contribution in [2.45, 2.75) is 30.8 Å². The number of ketones is 1. The summed E-state index contributed by atoms with van der Waals surface area (Å²) in [6.45, 7) is -1.05. The van der Waals surface area contributed by atoms with Crippen LogP contribution in [0.4, 0.5) is 0 Å². The van der Waals surface area contributed by atoms with Crippen molar-refractivity contribution in [2.75, 3.05) is 6.61 Å². The van der Waals surface area contributed by atoms with Gasteiger partial charge in [-0.3, -0.25) is 9.32 Å². The van der Waals surface area contributed by atoms with Crippen LogP contribution < -0.4 is 0 Å². The van der Waals surface area contributed by atoms with Crippen LogP contribution in [-0.2, 0) is 18.7 Å². The van der Waals surface area contributed by atoms with Gasteiger partial charge in [-0.15, -0.1) is 0 Å². The molecule has 7 N–H and O–H groups in total. The molecule has 12 heteroatoms. The van der Waals surface area contributed by atoms with E-state index in [2.05, 4.69) is 4.52 Å². The minimum atomic E-state index is -4.90. The zero-order valence-corrected chi connectivity index (χ0v) is 10.8. The van der Waals surface area contributed by atoms with Crippen LogP contribution in [0.3, 0.4) is 0 Å². The maximum Gasteiger partial charge on any atom is 0.469 e. The third-order valence-corrected chi connectivity index (χ3v) is 2.67. The van der Waals surface area contributed by atoms with E-state index >= 15 is 0 Å². The van der Waals surface area contributed by atoms with Crippen molar-refractivity contribution in [1.82, 2.24) is 0 Å². The second-order valence-corrected chi connectivity index (χ2v) is 5.07. The zero-order chi connectivity index (χ0) is 16.1. The summed E-state index contributed by atoms with van der Waals surface area (Å²) in [7, 11) is -4.90. The van der Waals surface area contributed by atoms with E-state index in [0.717, 1.165) is 0 Å². The number of carbonyl (C=O) groups excluding carboxylic acids is 1. The molecule has 0 saturated carbocycles. The summed E-state index contributed by atoms with van der Waals surface area (Å²) in [5.41, 5.74) is 0. The summed E-state index contributed by atoms with van der Waals surface area (Å²) in [4.78, 5) is 37.7. The Morgan fingerprint density at radius 2 is 1.45 bits per heavy atom. The lowest BCUT2D eigenvalue weighted by Crippen LogP contribution is -2.47. The van der Waals surface area contributed by atoms with Crippen LogP contribution in [0.5, 0.6) is 0 Å². The maximum atomic E-state index is 10.8. The molecule has 20 heavy (non-hydrogen) atoms. The van der Waals surface area contributed by atoms with Crippen molar-refractivity contribution in [1.29, 1.82) is 0 Å². The second kappa shape index (κ2) is 7.76. The first-order valence-electron chi connectivity index (χ1n) is 5.14. The molecule has 0 fully saturated rings. The number of Topliss-reactive ketones (excluding diaryl/α,β-unsaturated/α-hetero) is 1. The van der Waals surface area contributed by atoms with Crippen LogP contribution in [0.25, 0.3) is 0 Å². The quantitative estimate of drug-likeness (QED) is 0.165. The standard InChI is InChI=1S/C8H15O11P/c9-3(1-4(10)8(14)15)6(12)7(13)5(11)2-19-20(16,17)18/h3,5-7,9,11-13H,1-2H2,(H,14,15)(H2,16,17,18)/t3-,5-,6-,7-/m1/s1. The maximum absolute atomic E-state index is 10.8. The number of phosphoric acid groups is 1. The Morgan fingerprint density at radius 1 is 1.00 bits per heavy atom. The molecule has 0 heterocycles. The summed E-state index contributed by atoms with van der Waals surface area (Å²) < 4.78 is 14.2. The molecule has 0 aromatic carbocycles. The minimum Gasteiger partial charge on any atom is -0.475 e. The van der Waals surface area contributed by atoms with E-state index < -0.39 is 57.0 Å². The molecule has 0 aromatic rings. The summed E-state index contributed by atoms with van der Waals surface area (Å²) in [5.74, 6) is -3.28. The number of rotatable bonds is 9. The number of aliphatic hydroxyl groups is 4. The van der Waals surface area contributed by atoms with Gasteiger partial charge in [0.05, 0.1) is 12.7 Å². The molecule has 0 bridgehead atoms. The molecule has 0 rings (SSSR count). The smallest absolute Gasteiger partial charge is 0.469 e. The predicted octanol–water partition coefficient (Wildman–Crippen LogP) is -3.42. The van der Waals surface area contributed by atoms with Gasteiger partial charge in [-0.1, -0.05) is 0 Å². The summed E-state index contributed by atoms with van der Waals surface area (Å²) >= 11 is 0. The van der Waals surface area contributed by atoms with Crippen LogP contribution in [0.15, 0.2) is 0 Å². The molecular weight excluding hydrogens is 303 g/mol. The third kappa shape index (κ3) is 7.03. The van der Waals surface area contributed by atoms with Gasteiger partial charge in [-0.05, 0) is 0 Å². The van der Waals surface area contributed by atoms with Gasteiger partial charge in [0.1, 0.15) is 18.3 Å². The Hall–Kier alpha value is -0.910. The fourth-order valence-corrected chi connectivity index (χ4v) is 1.47. The van der Waals surface area contributed by atoms with Gasteiger partial charge < -0.3 is 35.3 Å². The lowest BCUT2D eigenvalue weighted by atomic mass is 9.99. The number of carbonyl (C=O) groups is 2. The average Bonchev–Trinajstić information content (AvgIpc) is 2.32. The fraction of sp³-hybridized carbons (Fsp3) is 0.750. The van der Waals surface area contributed by atoms with Gasteiger partial charge in [0.2, 0.25) is 5.78 Å². The van der Waals surface area contributed by atoms with Crippen molar-refractivity contribution >= 4 is 19.6 Å². The highest BCUT2D eigenvalue weighted by atomic mass is 31.2. The van der Waals surface area contributed by atoms with Gasteiger partial charge in [0.25, 0.3) is 0 Å². The molecule has 0 aliphatic rings. The lowest BCUT2D eigenvalue weighted by Gasteiger charge is -2.25. The van der Waals surface area contributed by atoms with Crippen LogP contribution >= 0.6 is 7.82 Å². The molecule has 0 spiro atoms. The number of aliphatic carboxylic acids is 1. The topological polar surface area (TPSA) is 202 Å². The van der Waals surface area contributed by atoms with Gasteiger partial charge in [0.15, 0.2) is 0 Å². The highest BCUT2D eigenvalue weighted by Gasteiger charge is 2.33. The van der Waals surface area contributed by atoms with Gasteiger partial charge in [0, 0.05) is 6.42 Å². The molecule has 0 radical (unpaired) electrons. The van der Waals surface area contributed by atoms with E-state index in [4.69, 9.17) is 14.9 Å². The van der Waals surface area contributed by atoms with Crippen molar-refractivity contribution in [3.63, 3.8) is 0 Å². The normalized spacial score (nSPS) is 18.1. The monoisotopic (exact) mass is 318 g/mol. The van der Waals surface area contributed by atoms with Crippen LogP contribution in [-0.4, -0.2) is 78.1 Å². The highest BCUT2D eigenvalue weighted by Crippen LogP contribution is 2.35. The SMILES string of the molecule is O=C(O)C(=O)C[C@@H](O)[C@@H](O)[C@H](O)[C@H](O)COP(=O)(O)O. The Bertz CT molecular complexity index is 390. The van der Waals surface area contributed by atoms with Gasteiger partial charge >= 0.3 is 13.8 Å². The summed E-state index contributed by atoms with van der Waals surface area (Å²) in [5, 5.41) is 45.5. The van der Waals surface area contributed by atoms with E-state index in [-0.39, 0.29) is 0 Å². The molecule has 11 nitrogen and oxygen atoms in total. The molecule has 4 atom stereocenters. The summed E-state index contributed by atoms with van der Waals surface area (Å²) in [6.07, 6.45) is -9.21. The number of phosphoric ester groups is 1. The Morgan fingerprint density at radius 3 is 1.85 bits per heavy atom. The van der Waals surface area contributed by atoms with E-state index in [1.54, 1.807) is 0 Å². The minimum absolute atomic E-state index is 1.01. The molecule has 0 amide bonds. The number of carboxylic acids is 1. The number of aliphatic hydroxyl groups excluding tert-OH is 4. The van der Waals surface area contributed by atoms with Crippen molar-refractivity contribution < 1.29 is 54.0 Å². The predicted molar refractivity (Wildman–Crippen MR) is 59.3 cm³/mol. The van der Waals surface area contributed by atoms with Crippen molar-refractivity contribution in [3.05, 3.63) is 0 Å². The molecule has 0 aliphatic carbocycles. The van der Waals surface area contributed by atoms with E-state index in [0.29, 0.717) is 0 Å². The Balaban J connectivity index is 4.44. The number of carboxylic acid groups (broad SMARTS) is 1. The first-order valence-corrected chi connectivity index (χ1v) is 6.67. The molecule has 0 aromatic heterocycles. The molecular formula is C8H15O11P. The molecule has 0 unspecified atom stereocenters. The lowest BCUT2D eigenvalue weighted by molar-refractivity contribution is -0.153. The largest absolute Gasteiger partial charge is 0.475 e. The first-order chi connectivity index (χ1) is 8.95. The van der Waals surface area contributed by atoms with E-state index in [9.17, 15) is 34.6 Å². The first kappa shape index (κ1) is 19.1. The second-order valence-electron chi connectivity index (χ2n) is 3.83. The van der Waals surface area contributed by atoms with E-state index in [1.807, 2.05) is 0 Å². The van der Waals surface area contributed by atoms with Gasteiger partial charge in [-0.2, -0.15) is 0 Å². The Kier molecular flexibility index (Phi) is 7.41. The zero-order valence-electron chi connectivity index (χ0n) is 9.93. The fourth-order valence-electron chi connectivity index (χ4n) is 1.13. The summed E-state index contributed by atoms with van der Waals surface area (Å²) in [6, 6.07) is 0. The average molecular weight is 318 g/mol.